The molecule has 1 amide bonds. The molecule has 1 heterocycles. The summed E-state index contributed by atoms with van der Waals surface area (Å²) in [5, 5.41) is 2.36. The van der Waals surface area contributed by atoms with Crippen molar-refractivity contribution >= 4 is 15.9 Å². The molecule has 7 heteroatoms. The minimum atomic E-state index is -3.48. The van der Waals surface area contributed by atoms with E-state index >= 15 is 0 Å². The minimum absolute atomic E-state index is 0.165. The SMILES string of the molecule is Cc1ccc(S(=O)(=O)N2CCN(C(=O)C[NH2+]C34CC5CC(CC(C5)C3)C4)CC2)cc1. The molecule has 0 atom stereocenters. The van der Waals surface area contributed by atoms with Crippen LogP contribution in [0.5, 0.6) is 0 Å². The van der Waals surface area contributed by atoms with Crippen LogP contribution in [0.2, 0.25) is 0 Å². The van der Waals surface area contributed by atoms with Crippen molar-refractivity contribution in [1.29, 1.82) is 0 Å². The first-order chi connectivity index (χ1) is 14.3. The van der Waals surface area contributed by atoms with Crippen LogP contribution in [0.1, 0.15) is 44.1 Å². The van der Waals surface area contributed by atoms with E-state index in [1.54, 1.807) is 12.1 Å². The minimum Gasteiger partial charge on any atom is -0.335 e. The molecule has 1 aliphatic heterocycles. The molecule has 30 heavy (non-hydrogen) atoms. The van der Waals surface area contributed by atoms with Gasteiger partial charge in [0.15, 0.2) is 6.54 Å². The van der Waals surface area contributed by atoms with Gasteiger partial charge in [0.25, 0.3) is 5.91 Å². The Labute approximate surface area is 180 Å². The normalized spacial score (nSPS) is 33.8. The summed E-state index contributed by atoms with van der Waals surface area (Å²) in [6.45, 7) is 4.17. The van der Waals surface area contributed by atoms with Crippen LogP contribution in [-0.4, -0.2) is 61.8 Å². The van der Waals surface area contributed by atoms with Gasteiger partial charge in [0.2, 0.25) is 10.0 Å². The number of nitrogens with two attached hydrogens (primary N) is 1. The third kappa shape index (κ3) is 3.80. The second kappa shape index (κ2) is 7.61. The molecule has 6 nitrogen and oxygen atoms in total. The second-order valence-electron chi connectivity index (χ2n) is 10.3. The highest BCUT2D eigenvalue weighted by Gasteiger charge is 2.53. The summed E-state index contributed by atoms with van der Waals surface area (Å²) in [6.07, 6.45) is 8.11. The van der Waals surface area contributed by atoms with Crippen molar-refractivity contribution in [1.82, 2.24) is 9.21 Å². The van der Waals surface area contributed by atoms with Gasteiger partial charge >= 0.3 is 0 Å². The zero-order valence-electron chi connectivity index (χ0n) is 17.9. The summed E-state index contributed by atoms with van der Waals surface area (Å²) in [7, 11) is -3.48. The summed E-state index contributed by atoms with van der Waals surface area (Å²) in [5.74, 6) is 2.83. The van der Waals surface area contributed by atoms with E-state index in [1.807, 2.05) is 24.0 Å². The molecule has 1 saturated heterocycles. The molecule has 0 unspecified atom stereocenters. The van der Waals surface area contributed by atoms with E-state index in [4.69, 9.17) is 0 Å². The number of aryl methyl sites for hydroxylation is 1. The van der Waals surface area contributed by atoms with Gasteiger partial charge in [0, 0.05) is 45.4 Å². The largest absolute Gasteiger partial charge is 0.335 e. The van der Waals surface area contributed by atoms with Crippen LogP contribution in [0.15, 0.2) is 29.2 Å². The molecule has 5 fully saturated rings. The first-order valence-corrected chi connectivity index (χ1v) is 13.0. The van der Waals surface area contributed by atoms with Crippen LogP contribution < -0.4 is 5.32 Å². The lowest BCUT2D eigenvalue weighted by molar-refractivity contribution is -0.730. The summed E-state index contributed by atoms with van der Waals surface area (Å²) in [5.41, 5.74) is 1.35. The lowest BCUT2D eigenvalue weighted by Gasteiger charge is -2.54. The zero-order chi connectivity index (χ0) is 20.9. The summed E-state index contributed by atoms with van der Waals surface area (Å²) >= 11 is 0. The number of hydrogen-bond donors (Lipinski definition) is 1. The number of amides is 1. The van der Waals surface area contributed by atoms with E-state index in [9.17, 15) is 13.2 Å². The summed E-state index contributed by atoms with van der Waals surface area (Å²) in [6, 6.07) is 6.99. The number of piperazine rings is 1. The number of carbonyl (C=O) groups is 1. The van der Waals surface area contributed by atoms with Gasteiger partial charge in [0.05, 0.1) is 10.4 Å². The number of quaternary nitrogens is 1. The van der Waals surface area contributed by atoms with Crippen LogP contribution in [0.3, 0.4) is 0 Å². The Morgan fingerprint density at radius 3 is 2.03 bits per heavy atom. The number of benzene rings is 1. The summed E-state index contributed by atoms with van der Waals surface area (Å²) < 4.78 is 27.3. The molecule has 0 spiro atoms. The predicted octanol–water partition coefficient (Wildman–Crippen LogP) is 1.36. The molecular formula is C23H34N3O3S+. The quantitative estimate of drug-likeness (QED) is 0.764. The van der Waals surface area contributed by atoms with Crippen molar-refractivity contribution in [2.75, 3.05) is 32.7 Å². The van der Waals surface area contributed by atoms with Crippen LogP contribution >= 0.6 is 0 Å². The van der Waals surface area contributed by atoms with Gasteiger partial charge < -0.3 is 10.2 Å². The third-order valence-corrected chi connectivity index (χ3v) is 9.96. The van der Waals surface area contributed by atoms with E-state index in [0.717, 1.165) is 23.3 Å². The predicted molar refractivity (Wildman–Crippen MR) is 114 cm³/mol. The molecule has 4 saturated carbocycles. The molecule has 164 valence electrons. The van der Waals surface area contributed by atoms with Gasteiger partial charge in [-0.15, -0.1) is 0 Å². The Morgan fingerprint density at radius 2 is 1.50 bits per heavy atom. The highest BCUT2D eigenvalue weighted by Crippen LogP contribution is 2.54. The number of nitrogens with zero attached hydrogens (tertiary/aromatic N) is 2. The molecule has 4 bridgehead atoms. The Hall–Kier alpha value is -1.44. The smallest absolute Gasteiger partial charge is 0.277 e. The maximum Gasteiger partial charge on any atom is 0.277 e. The molecule has 0 aromatic heterocycles. The first kappa shape index (κ1) is 20.5. The zero-order valence-corrected chi connectivity index (χ0v) is 18.7. The average molecular weight is 433 g/mol. The van der Waals surface area contributed by atoms with E-state index in [0.29, 0.717) is 43.2 Å². The highest BCUT2D eigenvalue weighted by molar-refractivity contribution is 7.89. The van der Waals surface area contributed by atoms with Gasteiger partial charge in [-0.3, -0.25) is 4.79 Å². The van der Waals surface area contributed by atoms with Gasteiger partial charge in [0.1, 0.15) is 0 Å². The molecular weight excluding hydrogens is 398 g/mol. The lowest BCUT2D eigenvalue weighted by Crippen LogP contribution is -3.00. The Kier molecular flexibility index (Phi) is 5.19. The second-order valence-corrected chi connectivity index (χ2v) is 12.2. The Morgan fingerprint density at radius 1 is 0.967 bits per heavy atom. The molecule has 0 radical (unpaired) electrons. The van der Waals surface area contributed by atoms with Crippen molar-refractivity contribution in [3.05, 3.63) is 29.8 Å². The molecule has 6 rings (SSSR count). The van der Waals surface area contributed by atoms with E-state index < -0.39 is 10.0 Å². The van der Waals surface area contributed by atoms with Crippen molar-refractivity contribution in [3.8, 4) is 0 Å². The van der Waals surface area contributed by atoms with E-state index in [2.05, 4.69) is 5.32 Å². The standard InChI is InChI=1S/C23H33N3O3S/c1-17-2-4-21(5-3-17)30(28,29)26-8-6-25(7-9-26)22(27)16-24-23-13-18-10-19(14-23)12-20(11-18)15-23/h2-5,18-20,24H,6-16H2,1H3/p+1. The lowest BCUT2D eigenvalue weighted by atomic mass is 9.53. The van der Waals surface area contributed by atoms with Crippen molar-refractivity contribution in [2.24, 2.45) is 17.8 Å². The van der Waals surface area contributed by atoms with Gasteiger partial charge in [-0.2, -0.15) is 4.31 Å². The molecule has 4 aliphatic carbocycles. The molecule has 5 aliphatic rings. The van der Waals surface area contributed by atoms with Crippen molar-refractivity contribution in [2.45, 2.75) is 55.9 Å². The van der Waals surface area contributed by atoms with Gasteiger partial charge in [-0.25, -0.2) is 8.42 Å². The van der Waals surface area contributed by atoms with E-state index in [1.165, 1.54) is 42.8 Å². The Balaban J connectivity index is 1.15. The monoisotopic (exact) mass is 432 g/mol. The first-order valence-electron chi connectivity index (χ1n) is 11.5. The van der Waals surface area contributed by atoms with Gasteiger partial charge in [-0.05, 0) is 56.1 Å². The van der Waals surface area contributed by atoms with E-state index in [-0.39, 0.29) is 5.91 Å². The molecule has 1 aromatic rings. The maximum atomic E-state index is 12.9. The van der Waals surface area contributed by atoms with Crippen LogP contribution in [0.4, 0.5) is 0 Å². The van der Waals surface area contributed by atoms with Crippen LogP contribution in [0, 0.1) is 24.7 Å². The highest BCUT2D eigenvalue weighted by atomic mass is 32.2. The topological polar surface area (TPSA) is 74.3 Å². The molecule has 1 aromatic carbocycles. The van der Waals surface area contributed by atoms with Crippen molar-refractivity contribution in [3.63, 3.8) is 0 Å². The number of sulfonamides is 1. The fourth-order valence-electron chi connectivity index (χ4n) is 6.90. The van der Waals surface area contributed by atoms with Crippen LogP contribution in [0.25, 0.3) is 0 Å². The maximum absolute atomic E-state index is 12.9. The van der Waals surface area contributed by atoms with Gasteiger partial charge in [-0.1, -0.05) is 17.7 Å². The average Bonchev–Trinajstić information content (AvgIpc) is 2.71. The number of rotatable bonds is 5. The third-order valence-electron chi connectivity index (χ3n) is 8.05. The fourth-order valence-corrected chi connectivity index (χ4v) is 8.32. The fraction of sp³-hybridized carbons (Fsp3) is 0.696. The molecule has 2 N–H and O–H groups in total. The van der Waals surface area contributed by atoms with Crippen LogP contribution in [-0.2, 0) is 14.8 Å². The number of carbonyl (C=O) groups excluding carboxylic acids is 1. The Bertz CT molecular complexity index is 869. The number of hydrogen-bond acceptors (Lipinski definition) is 3. The van der Waals surface area contributed by atoms with Crippen molar-refractivity contribution < 1.29 is 18.5 Å². The summed E-state index contributed by atoms with van der Waals surface area (Å²) in [4.78, 5) is 15.1.